The molecule has 2 aromatic rings. The number of carbonyl (C=O) groups excluding carboxylic acids is 1. The van der Waals surface area contributed by atoms with Crippen molar-refractivity contribution in [2.24, 2.45) is 0 Å². The van der Waals surface area contributed by atoms with Crippen LogP contribution in [0.1, 0.15) is 22.3 Å². The van der Waals surface area contributed by atoms with E-state index in [4.69, 9.17) is 4.74 Å². The molecular weight excluding hydrogens is 284 g/mol. The van der Waals surface area contributed by atoms with Crippen LogP contribution in [0.15, 0.2) is 24.9 Å². The molecule has 0 bridgehead atoms. The first-order chi connectivity index (χ1) is 10.7. The zero-order valence-electron chi connectivity index (χ0n) is 12.6. The lowest BCUT2D eigenvalue weighted by Crippen LogP contribution is -2.43. The lowest BCUT2D eigenvalue weighted by atomic mass is 10.2. The van der Waals surface area contributed by atoms with Crippen LogP contribution in [0, 0.1) is 0 Å². The van der Waals surface area contributed by atoms with E-state index in [1.807, 2.05) is 19.0 Å². The maximum absolute atomic E-state index is 12.4. The van der Waals surface area contributed by atoms with Gasteiger partial charge >= 0.3 is 0 Å². The smallest absolute Gasteiger partial charge is 0.272 e. The number of nitrogens with one attached hydrogen (secondary N) is 1. The number of H-pyrrole nitrogens is 1. The molecule has 1 atom stereocenters. The summed E-state index contributed by atoms with van der Waals surface area (Å²) in [6.07, 6.45) is 6.03. The number of morpholine rings is 1. The highest BCUT2D eigenvalue weighted by Gasteiger charge is 2.29. The molecule has 0 saturated carbocycles. The van der Waals surface area contributed by atoms with E-state index in [0.717, 1.165) is 11.5 Å². The van der Waals surface area contributed by atoms with E-state index in [9.17, 15) is 4.79 Å². The molecule has 0 aliphatic carbocycles. The van der Waals surface area contributed by atoms with Gasteiger partial charge < -0.3 is 19.5 Å². The molecule has 1 aliphatic rings. The van der Waals surface area contributed by atoms with Gasteiger partial charge in [-0.3, -0.25) is 9.78 Å². The van der Waals surface area contributed by atoms with E-state index >= 15 is 0 Å². The summed E-state index contributed by atoms with van der Waals surface area (Å²) >= 11 is 0. The number of anilines is 1. The first kappa shape index (κ1) is 14.5. The zero-order chi connectivity index (χ0) is 15.5. The van der Waals surface area contributed by atoms with Gasteiger partial charge in [0.05, 0.1) is 25.7 Å². The number of nitrogens with zero attached hydrogens (tertiary/aromatic N) is 5. The summed E-state index contributed by atoms with van der Waals surface area (Å²) in [5, 5.41) is 0. The third kappa shape index (κ3) is 2.77. The van der Waals surface area contributed by atoms with Gasteiger partial charge in [-0.05, 0) is 0 Å². The Kier molecular flexibility index (Phi) is 4.01. The minimum atomic E-state index is -0.285. The maximum Gasteiger partial charge on any atom is 0.272 e. The van der Waals surface area contributed by atoms with Crippen LogP contribution < -0.4 is 4.90 Å². The molecule has 2 aromatic heterocycles. The van der Waals surface area contributed by atoms with E-state index in [1.54, 1.807) is 17.3 Å². The molecule has 3 rings (SSSR count). The van der Waals surface area contributed by atoms with Gasteiger partial charge in [0, 0.05) is 33.0 Å². The van der Waals surface area contributed by atoms with Crippen molar-refractivity contribution in [3.05, 3.63) is 36.3 Å². The number of imidazole rings is 1. The van der Waals surface area contributed by atoms with Crippen LogP contribution in [0.3, 0.4) is 0 Å². The number of hydrogen-bond donors (Lipinski definition) is 1. The monoisotopic (exact) mass is 302 g/mol. The first-order valence-corrected chi connectivity index (χ1v) is 7.04. The van der Waals surface area contributed by atoms with E-state index in [2.05, 4.69) is 19.9 Å². The average Bonchev–Trinajstić information content (AvgIpc) is 3.08. The Morgan fingerprint density at radius 2 is 2.23 bits per heavy atom. The zero-order valence-corrected chi connectivity index (χ0v) is 12.6. The minimum absolute atomic E-state index is 0.0823. The summed E-state index contributed by atoms with van der Waals surface area (Å²) in [7, 11) is 3.81. The number of carbonyl (C=O) groups is 1. The number of aromatic amines is 1. The van der Waals surface area contributed by atoms with Crippen molar-refractivity contribution in [2.45, 2.75) is 6.10 Å². The van der Waals surface area contributed by atoms with Gasteiger partial charge in [-0.15, -0.1) is 0 Å². The van der Waals surface area contributed by atoms with Crippen molar-refractivity contribution in [1.29, 1.82) is 0 Å². The Bertz CT molecular complexity index is 643. The van der Waals surface area contributed by atoms with Crippen molar-refractivity contribution in [2.75, 3.05) is 38.7 Å². The van der Waals surface area contributed by atoms with Crippen molar-refractivity contribution >= 4 is 11.7 Å². The summed E-state index contributed by atoms with van der Waals surface area (Å²) in [5.41, 5.74) is 1.22. The second kappa shape index (κ2) is 6.10. The Morgan fingerprint density at radius 3 is 2.95 bits per heavy atom. The minimum Gasteiger partial charge on any atom is -0.368 e. The van der Waals surface area contributed by atoms with Crippen LogP contribution in [-0.2, 0) is 4.74 Å². The molecule has 1 aliphatic heterocycles. The quantitative estimate of drug-likeness (QED) is 0.887. The second-order valence-electron chi connectivity index (χ2n) is 5.24. The highest BCUT2D eigenvalue weighted by Crippen LogP contribution is 2.26. The molecule has 116 valence electrons. The Labute approximate surface area is 128 Å². The number of rotatable bonds is 3. The van der Waals surface area contributed by atoms with Crippen molar-refractivity contribution in [3.63, 3.8) is 0 Å². The van der Waals surface area contributed by atoms with E-state index < -0.39 is 0 Å². The fraction of sp³-hybridized carbons (Fsp3) is 0.429. The summed E-state index contributed by atoms with van der Waals surface area (Å²) in [6.45, 7) is 1.46. The highest BCUT2D eigenvalue weighted by atomic mass is 16.5. The van der Waals surface area contributed by atoms with E-state index in [0.29, 0.717) is 25.4 Å². The molecule has 1 N–H and O–H groups in total. The summed E-state index contributed by atoms with van der Waals surface area (Å²) in [6, 6.07) is 0. The van der Waals surface area contributed by atoms with Gasteiger partial charge in [0.25, 0.3) is 5.91 Å². The molecule has 0 aromatic carbocycles. The lowest BCUT2D eigenvalue weighted by molar-refractivity contribution is -0.0247. The Balaban J connectivity index is 1.80. The number of aromatic nitrogens is 4. The standard InChI is InChI=1S/C14H18N6O2/c1-19(2)13-12(16-3-4-17-13)11-8-20(5-6-22-11)14(21)10-7-15-9-18-10/h3-4,7,9,11H,5-6,8H2,1-2H3,(H,15,18). The summed E-state index contributed by atoms with van der Waals surface area (Å²) in [4.78, 5) is 31.5. The number of hydrogen-bond acceptors (Lipinski definition) is 6. The number of ether oxygens (including phenoxy) is 1. The number of amides is 1. The maximum atomic E-state index is 12.4. The Morgan fingerprint density at radius 1 is 1.41 bits per heavy atom. The van der Waals surface area contributed by atoms with Crippen molar-refractivity contribution in [1.82, 2.24) is 24.8 Å². The predicted octanol–water partition coefficient (Wildman–Crippen LogP) is 0.479. The molecular formula is C14H18N6O2. The molecule has 0 radical (unpaired) electrons. The SMILES string of the molecule is CN(C)c1nccnc1C1CN(C(=O)c2cnc[nH]2)CCO1. The predicted molar refractivity (Wildman–Crippen MR) is 79.5 cm³/mol. The molecule has 8 heteroatoms. The van der Waals surface area contributed by atoms with Crippen LogP contribution in [0.25, 0.3) is 0 Å². The molecule has 1 saturated heterocycles. The third-order valence-electron chi connectivity index (χ3n) is 3.52. The molecule has 8 nitrogen and oxygen atoms in total. The van der Waals surface area contributed by atoms with Gasteiger partial charge in [-0.25, -0.2) is 9.97 Å². The normalized spacial score (nSPS) is 18.3. The Hall–Kier alpha value is -2.48. The summed E-state index contributed by atoms with van der Waals surface area (Å²) < 4.78 is 5.80. The van der Waals surface area contributed by atoms with Gasteiger partial charge in [0.2, 0.25) is 0 Å². The van der Waals surface area contributed by atoms with Gasteiger partial charge in [0.15, 0.2) is 5.82 Å². The van der Waals surface area contributed by atoms with Crippen LogP contribution >= 0.6 is 0 Å². The van der Waals surface area contributed by atoms with Crippen LogP contribution in [-0.4, -0.2) is 64.5 Å². The average molecular weight is 302 g/mol. The fourth-order valence-electron chi connectivity index (χ4n) is 2.46. The van der Waals surface area contributed by atoms with E-state index in [-0.39, 0.29) is 12.0 Å². The van der Waals surface area contributed by atoms with Crippen molar-refractivity contribution in [3.8, 4) is 0 Å². The lowest BCUT2D eigenvalue weighted by Gasteiger charge is -2.33. The van der Waals surface area contributed by atoms with Crippen molar-refractivity contribution < 1.29 is 9.53 Å². The van der Waals surface area contributed by atoms with Gasteiger partial charge in [-0.2, -0.15) is 0 Å². The molecule has 1 unspecified atom stereocenters. The van der Waals surface area contributed by atoms with Gasteiger partial charge in [-0.1, -0.05) is 0 Å². The molecule has 1 amide bonds. The van der Waals surface area contributed by atoms with Crippen LogP contribution in [0.5, 0.6) is 0 Å². The second-order valence-corrected chi connectivity index (χ2v) is 5.24. The summed E-state index contributed by atoms with van der Waals surface area (Å²) in [5.74, 6) is 0.671. The molecule has 3 heterocycles. The molecule has 0 spiro atoms. The van der Waals surface area contributed by atoms with Gasteiger partial charge in [0.1, 0.15) is 17.5 Å². The molecule has 1 fully saturated rings. The topological polar surface area (TPSA) is 87.2 Å². The highest BCUT2D eigenvalue weighted by molar-refractivity contribution is 5.92. The fourth-order valence-corrected chi connectivity index (χ4v) is 2.46. The largest absolute Gasteiger partial charge is 0.368 e. The van der Waals surface area contributed by atoms with E-state index in [1.165, 1.54) is 12.5 Å². The third-order valence-corrected chi connectivity index (χ3v) is 3.52. The van der Waals surface area contributed by atoms with Crippen LogP contribution in [0.4, 0.5) is 5.82 Å². The van der Waals surface area contributed by atoms with Crippen LogP contribution in [0.2, 0.25) is 0 Å². The molecule has 22 heavy (non-hydrogen) atoms. The first-order valence-electron chi connectivity index (χ1n) is 7.04.